The molecular formula is C21H20F3N5O3S. The van der Waals surface area contributed by atoms with Crippen LogP contribution < -0.4 is 19.7 Å². The monoisotopic (exact) mass is 479 g/mol. The van der Waals surface area contributed by atoms with Gasteiger partial charge in [0.05, 0.1) is 16.8 Å². The van der Waals surface area contributed by atoms with Gasteiger partial charge in [-0.15, -0.1) is 18.3 Å². The molecule has 3 aromatic rings. The molecule has 0 amide bonds. The van der Waals surface area contributed by atoms with Crippen molar-refractivity contribution in [3.8, 4) is 5.75 Å². The first-order chi connectivity index (χ1) is 15.7. The molecule has 2 N–H and O–H groups in total. The van der Waals surface area contributed by atoms with E-state index in [0.717, 1.165) is 55.9 Å². The van der Waals surface area contributed by atoms with Crippen molar-refractivity contribution in [1.82, 2.24) is 10.2 Å². The van der Waals surface area contributed by atoms with E-state index in [4.69, 9.17) is 0 Å². The third-order valence-electron chi connectivity index (χ3n) is 4.89. The molecule has 0 aliphatic carbocycles. The van der Waals surface area contributed by atoms with Gasteiger partial charge in [0.1, 0.15) is 5.75 Å². The maximum Gasteiger partial charge on any atom is 0.573 e. The topological polar surface area (TPSA) is 96.5 Å². The fourth-order valence-corrected chi connectivity index (χ4v) is 4.43. The van der Waals surface area contributed by atoms with E-state index in [-0.39, 0.29) is 10.6 Å². The predicted octanol–water partition coefficient (Wildman–Crippen LogP) is 4.52. The van der Waals surface area contributed by atoms with Crippen molar-refractivity contribution >= 4 is 32.9 Å². The molecule has 8 nitrogen and oxygen atoms in total. The molecule has 0 unspecified atom stereocenters. The van der Waals surface area contributed by atoms with Gasteiger partial charge >= 0.3 is 6.36 Å². The Balaban J connectivity index is 1.40. The van der Waals surface area contributed by atoms with Crippen LogP contribution in [-0.4, -0.2) is 38.1 Å². The van der Waals surface area contributed by atoms with Crippen molar-refractivity contribution in [1.29, 1.82) is 0 Å². The van der Waals surface area contributed by atoms with Crippen LogP contribution in [0.2, 0.25) is 0 Å². The molecule has 4 rings (SSSR count). The summed E-state index contributed by atoms with van der Waals surface area (Å²) in [5.74, 6) is 0.0580. The quantitative estimate of drug-likeness (QED) is 0.514. The third-order valence-corrected chi connectivity index (χ3v) is 6.29. The molecule has 0 bridgehead atoms. The highest BCUT2D eigenvalue weighted by Gasteiger charge is 2.31. The molecule has 12 heteroatoms. The zero-order valence-electron chi connectivity index (χ0n) is 17.2. The first-order valence-corrected chi connectivity index (χ1v) is 11.5. The number of hydrogen-bond acceptors (Lipinski definition) is 7. The second-order valence-electron chi connectivity index (χ2n) is 7.32. The van der Waals surface area contributed by atoms with Gasteiger partial charge in [0.15, 0.2) is 5.82 Å². The Kier molecular flexibility index (Phi) is 6.27. The molecule has 1 aliphatic heterocycles. The van der Waals surface area contributed by atoms with Gasteiger partial charge < -0.3 is 15.0 Å². The molecule has 2 heterocycles. The molecule has 2 aromatic carbocycles. The van der Waals surface area contributed by atoms with E-state index in [1.165, 1.54) is 0 Å². The van der Waals surface area contributed by atoms with E-state index in [1.54, 1.807) is 30.5 Å². The van der Waals surface area contributed by atoms with Gasteiger partial charge in [-0.05, 0) is 61.4 Å². The molecule has 1 fully saturated rings. The molecule has 0 spiro atoms. The van der Waals surface area contributed by atoms with Crippen LogP contribution in [0.3, 0.4) is 0 Å². The number of nitrogens with one attached hydrogen (secondary N) is 2. The second-order valence-corrected chi connectivity index (χ2v) is 9.00. The van der Waals surface area contributed by atoms with Crippen LogP contribution in [0, 0.1) is 0 Å². The van der Waals surface area contributed by atoms with Gasteiger partial charge in [0.2, 0.25) is 0 Å². The largest absolute Gasteiger partial charge is 0.573 e. The summed E-state index contributed by atoms with van der Waals surface area (Å²) in [5.41, 5.74) is 1.95. The molecule has 0 atom stereocenters. The summed E-state index contributed by atoms with van der Waals surface area (Å²) in [4.78, 5) is 2.03. The first kappa shape index (κ1) is 22.6. The lowest BCUT2D eigenvalue weighted by atomic mass is 10.3. The molecule has 174 valence electrons. The molecule has 1 saturated heterocycles. The zero-order chi connectivity index (χ0) is 23.5. The van der Waals surface area contributed by atoms with E-state index in [1.807, 2.05) is 6.07 Å². The molecule has 1 aliphatic rings. The minimum Gasteiger partial charge on any atom is -0.406 e. The van der Waals surface area contributed by atoms with Crippen molar-refractivity contribution in [3.05, 3.63) is 60.8 Å². The Morgan fingerprint density at radius 3 is 2.21 bits per heavy atom. The summed E-state index contributed by atoms with van der Waals surface area (Å²) in [6.07, 6.45) is -0.840. The SMILES string of the molecule is O=S(=O)(Nc1ccc(Nc2cc(N3CCCC3)cnn2)cc1)c1ccc(OC(F)(F)F)cc1. The first-order valence-electron chi connectivity index (χ1n) is 10.0. The lowest BCUT2D eigenvalue weighted by molar-refractivity contribution is -0.274. The summed E-state index contributed by atoms with van der Waals surface area (Å²) in [7, 11) is -4.00. The van der Waals surface area contributed by atoms with Crippen molar-refractivity contribution < 1.29 is 26.3 Å². The minimum absolute atomic E-state index is 0.201. The van der Waals surface area contributed by atoms with E-state index < -0.39 is 22.1 Å². The van der Waals surface area contributed by atoms with Crippen molar-refractivity contribution in [2.24, 2.45) is 0 Å². The van der Waals surface area contributed by atoms with Crippen LogP contribution >= 0.6 is 0 Å². The van der Waals surface area contributed by atoms with Crippen LogP contribution in [0.5, 0.6) is 5.75 Å². The minimum atomic E-state index is -4.85. The van der Waals surface area contributed by atoms with E-state index in [9.17, 15) is 21.6 Å². The smallest absolute Gasteiger partial charge is 0.406 e. The summed E-state index contributed by atoms with van der Waals surface area (Å²) < 4.78 is 68.0. The van der Waals surface area contributed by atoms with Gasteiger partial charge in [-0.2, -0.15) is 5.10 Å². The zero-order valence-corrected chi connectivity index (χ0v) is 18.0. The summed E-state index contributed by atoms with van der Waals surface area (Å²) >= 11 is 0. The number of nitrogens with zero attached hydrogens (tertiary/aromatic N) is 3. The average Bonchev–Trinajstić information content (AvgIpc) is 3.30. The van der Waals surface area contributed by atoms with Crippen LogP contribution in [0.1, 0.15) is 12.8 Å². The van der Waals surface area contributed by atoms with Gasteiger partial charge in [0.25, 0.3) is 10.0 Å². The average molecular weight is 479 g/mol. The standard InChI is InChI=1S/C21H20F3N5O3S/c22-21(23,24)32-18-7-9-19(10-8-18)33(30,31)28-16-5-3-15(4-6-16)26-20-13-17(14-25-27-20)29-11-1-2-12-29/h3-10,13-14,28H,1-2,11-12H2,(H,26,27). The fraction of sp³-hybridized carbons (Fsp3) is 0.238. The van der Waals surface area contributed by atoms with E-state index in [0.29, 0.717) is 11.5 Å². The third kappa shape index (κ3) is 6.04. The Morgan fingerprint density at radius 2 is 1.58 bits per heavy atom. The molecule has 0 radical (unpaired) electrons. The van der Waals surface area contributed by atoms with Crippen molar-refractivity contribution in [2.45, 2.75) is 24.1 Å². The van der Waals surface area contributed by atoms with Crippen LogP contribution in [-0.2, 0) is 10.0 Å². The Bertz CT molecular complexity index is 1200. The predicted molar refractivity (Wildman–Crippen MR) is 117 cm³/mol. The second kappa shape index (κ2) is 9.14. The lowest BCUT2D eigenvalue weighted by Crippen LogP contribution is -2.18. The number of aromatic nitrogens is 2. The number of halogens is 3. The fourth-order valence-electron chi connectivity index (χ4n) is 3.37. The molecular weight excluding hydrogens is 459 g/mol. The molecule has 0 saturated carbocycles. The van der Waals surface area contributed by atoms with Gasteiger partial charge in [-0.1, -0.05) is 0 Å². The highest BCUT2D eigenvalue weighted by atomic mass is 32.2. The Hall–Kier alpha value is -3.54. The van der Waals surface area contributed by atoms with Crippen LogP contribution in [0.15, 0.2) is 65.7 Å². The highest BCUT2D eigenvalue weighted by molar-refractivity contribution is 7.92. The van der Waals surface area contributed by atoms with E-state index in [2.05, 4.69) is 29.9 Å². The normalized spacial score (nSPS) is 14.2. The van der Waals surface area contributed by atoms with Gasteiger partial charge in [-0.3, -0.25) is 4.72 Å². The Morgan fingerprint density at radius 1 is 0.939 bits per heavy atom. The summed E-state index contributed by atoms with van der Waals surface area (Å²) in [6.45, 7) is 1.97. The number of benzene rings is 2. The number of ether oxygens (including phenoxy) is 1. The maximum absolute atomic E-state index is 12.5. The number of anilines is 4. The number of rotatable bonds is 7. The molecule has 33 heavy (non-hydrogen) atoms. The van der Waals surface area contributed by atoms with E-state index >= 15 is 0 Å². The highest BCUT2D eigenvalue weighted by Crippen LogP contribution is 2.26. The van der Waals surface area contributed by atoms with Crippen molar-refractivity contribution in [3.63, 3.8) is 0 Å². The molecule has 1 aromatic heterocycles. The number of alkyl halides is 3. The van der Waals surface area contributed by atoms with Gasteiger partial charge in [-0.25, -0.2) is 8.42 Å². The van der Waals surface area contributed by atoms with Crippen LogP contribution in [0.25, 0.3) is 0 Å². The summed E-state index contributed by atoms with van der Waals surface area (Å²) in [6, 6.07) is 12.3. The van der Waals surface area contributed by atoms with Crippen LogP contribution in [0.4, 0.5) is 36.1 Å². The maximum atomic E-state index is 12.5. The lowest BCUT2D eigenvalue weighted by Gasteiger charge is -2.17. The van der Waals surface area contributed by atoms with Crippen molar-refractivity contribution in [2.75, 3.05) is 28.0 Å². The van der Waals surface area contributed by atoms with Gasteiger partial charge in [0, 0.05) is 30.5 Å². The number of hydrogen-bond donors (Lipinski definition) is 2. The number of sulfonamides is 1. The summed E-state index contributed by atoms with van der Waals surface area (Å²) in [5, 5.41) is 11.2. The Labute approximate surface area is 188 Å².